The largest absolute Gasteiger partial charge is 0.323 e. The lowest BCUT2D eigenvalue weighted by Crippen LogP contribution is -2.11. The number of imidazole rings is 1. The lowest BCUT2D eigenvalue weighted by Gasteiger charge is -2.08. The van der Waals surface area contributed by atoms with Gasteiger partial charge in [-0.15, -0.1) is 0 Å². The number of benzene rings is 2. The van der Waals surface area contributed by atoms with E-state index >= 15 is 0 Å². The van der Waals surface area contributed by atoms with E-state index in [0.717, 1.165) is 6.42 Å². The van der Waals surface area contributed by atoms with Gasteiger partial charge in [-0.1, -0.05) is 26.0 Å². The molecular formula is C18H19N3O2. The van der Waals surface area contributed by atoms with Gasteiger partial charge in [-0.25, -0.2) is 4.79 Å². The fourth-order valence-electron chi connectivity index (χ4n) is 2.58. The Bertz CT molecular complexity index is 889. The minimum atomic E-state index is -0.260. The molecule has 1 aromatic heterocycles. The Morgan fingerprint density at radius 2 is 1.74 bits per heavy atom. The summed E-state index contributed by atoms with van der Waals surface area (Å²) in [5.74, 6) is 0.420. The first kappa shape index (κ1) is 15.1. The van der Waals surface area contributed by atoms with Crippen LogP contribution in [-0.4, -0.2) is 15.9 Å². The number of hydrogen-bond acceptors (Lipinski definition) is 2. The molecule has 0 saturated heterocycles. The highest BCUT2D eigenvalue weighted by atomic mass is 16.2. The first-order valence-electron chi connectivity index (χ1n) is 7.63. The van der Waals surface area contributed by atoms with Crippen LogP contribution >= 0.6 is 0 Å². The van der Waals surface area contributed by atoms with Crippen LogP contribution in [0.15, 0.2) is 47.3 Å². The summed E-state index contributed by atoms with van der Waals surface area (Å²) in [6.07, 6.45) is 0.999. The maximum absolute atomic E-state index is 12.3. The van der Waals surface area contributed by atoms with Gasteiger partial charge in [0.05, 0.1) is 11.0 Å². The normalized spacial score (nSPS) is 11.1. The molecule has 3 N–H and O–H groups in total. The maximum Gasteiger partial charge on any atom is 0.323 e. The number of rotatable bonds is 4. The fraction of sp³-hybridized carbons (Fsp3) is 0.222. The molecule has 118 valence electrons. The van der Waals surface area contributed by atoms with Crippen molar-refractivity contribution in [3.63, 3.8) is 0 Å². The van der Waals surface area contributed by atoms with Gasteiger partial charge in [0.15, 0.2) is 0 Å². The van der Waals surface area contributed by atoms with E-state index in [9.17, 15) is 9.59 Å². The summed E-state index contributed by atoms with van der Waals surface area (Å²) >= 11 is 0. The van der Waals surface area contributed by atoms with Gasteiger partial charge in [0.1, 0.15) is 0 Å². The first-order chi connectivity index (χ1) is 11.0. The van der Waals surface area contributed by atoms with Gasteiger partial charge in [-0.2, -0.15) is 0 Å². The Morgan fingerprint density at radius 1 is 1.04 bits per heavy atom. The summed E-state index contributed by atoms with van der Waals surface area (Å²) in [4.78, 5) is 28.9. The predicted molar refractivity (Wildman–Crippen MR) is 91.9 cm³/mol. The Labute approximate surface area is 133 Å². The second-order valence-electron chi connectivity index (χ2n) is 6.09. The summed E-state index contributed by atoms with van der Waals surface area (Å²) in [5.41, 5.74) is 3.60. The maximum atomic E-state index is 12.3. The van der Waals surface area contributed by atoms with Crippen molar-refractivity contribution in [1.82, 2.24) is 9.97 Å². The second-order valence-corrected chi connectivity index (χ2v) is 6.09. The van der Waals surface area contributed by atoms with E-state index in [1.807, 2.05) is 24.3 Å². The fourth-order valence-corrected chi connectivity index (χ4v) is 2.58. The number of nitrogens with one attached hydrogen (secondary N) is 3. The van der Waals surface area contributed by atoms with Gasteiger partial charge >= 0.3 is 5.69 Å². The van der Waals surface area contributed by atoms with Gasteiger partial charge in [0, 0.05) is 11.3 Å². The molecule has 2 aromatic carbocycles. The van der Waals surface area contributed by atoms with Crippen molar-refractivity contribution in [3.05, 3.63) is 64.1 Å². The van der Waals surface area contributed by atoms with Gasteiger partial charge in [-0.3, -0.25) is 4.79 Å². The van der Waals surface area contributed by atoms with E-state index in [2.05, 4.69) is 29.1 Å². The summed E-state index contributed by atoms with van der Waals surface area (Å²) in [7, 11) is 0. The Kier molecular flexibility index (Phi) is 4.02. The molecule has 0 fully saturated rings. The molecule has 5 nitrogen and oxygen atoms in total. The SMILES string of the molecule is CC(C)Cc1ccc(C(=O)Nc2ccc3[nH]c(=O)[nH]c3c2)cc1. The monoisotopic (exact) mass is 309 g/mol. The summed E-state index contributed by atoms with van der Waals surface area (Å²) in [5, 5.41) is 2.84. The van der Waals surface area contributed by atoms with Gasteiger partial charge in [-0.05, 0) is 48.2 Å². The summed E-state index contributed by atoms with van der Waals surface area (Å²) in [6, 6.07) is 12.9. The van der Waals surface area contributed by atoms with Crippen LogP contribution in [-0.2, 0) is 6.42 Å². The minimum absolute atomic E-state index is 0.168. The molecule has 1 amide bonds. The van der Waals surface area contributed by atoms with Crippen LogP contribution in [0.3, 0.4) is 0 Å². The van der Waals surface area contributed by atoms with E-state index in [0.29, 0.717) is 28.2 Å². The Balaban J connectivity index is 1.75. The highest BCUT2D eigenvalue weighted by Gasteiger charge is 2.08. The third kappa shape index (κ3) is 3.51. The van der Waals surface area contributed by atoms with Crippen LogP contribution in [0.2, 0.25) is 0 Å². The molecule has 0 radical (unpaired) electrons. The van der Waals surface area contributed by atoms with Crippen LogP contribution in [0.1, 0.15) is 29.8 Å². The van der Waals surface area contributed by atoms with Crippen LogP contribution < -0.4 is 11.0 Å². The molecule has 0 unspecified atom stereocenters. The van der Waals surface area contributed by atoms with Crippen molar-refractivity contribution in [2.24, 2.45) is 5.92 Å². The van der Waals surface area contributed by atoms with E-state index in [1.165, 1.54) is 5.56 Å². The highest BCUT2D eigenvalue weighted by Crippen LogP contribution is 2.16. The molecule has 0 saturated carbocycles. The lowest BCUT2D eigenvalue weighted by atomic mass is 10.0. The molecule has 0 spiro atoms. The van der Waals surface area contributed by atoms with E-state index in [-0.39, 0.29) is 11.6 Å². The van der Waals surface area contributed by atoms with E-state index in [1.54, 1.807) is 18.2 Å². The second kappa shape index (κ2) is 6.12. The molecule has 0 bridgehead atoms. The average Bonchev–Trinajstić information content (AvgIpc) is 2.86. The zero-order valence-corrected chi connectivity index (χ0v) is 13.1. The Morgan fingerprint density at radius 3 is 2.43 bits per heavy atom. The molecular weight excluding hydrogens is 290 g/mol. The van der Waals surface area contributed by atoms with Crippen molar-refractivity contribution in [1.29, 1.82) is 0 Å². The van der Waals surface area contributed by atoms with E-state index < -0.39 is 0 Å². The molecule has 1 heterocycles. The highest BCUT2D eigenvalue weighted by molar-refractivity contribution is 6.04. The van der Waals surface area contributed by atoms with Crippen molar-refractivity contribution < 1.29 is 4.79 Å². The predicted octanol–water partition coefficient (Wildman–Crippen LogP) is 3.31. The molecule has 3 aromatic rings. The molecule has 0 aliphatic rings. The number of amides is 1. The third-order valence-corrected chi connectivity index (χ3v) is 3.63. The van der Waals surface area contributed by atoms with Crippen LogP contribution in [0.5, 0.6) is 0 Å². The quantitative estimate of drug-likeness (QED) is 0.691. The number of anilines is 1. The number of aromatic amines is 2. The standard InChI is InChI=1S/C18H19N3O2/c1-11(2)9-12-3-5-13(6-4-12)17(22)19-14-7-8-15-16(10-14)21-18(23)20-15/h3-8,10-11H,9H2,1-2H3,(H,19,22)(H2,20,21,23). The van der Waals surface area contributed by atoms with Gasteiger partial charge < -0.3 is 15.3 Å². The molecule has 0 atom stereocenters. The molecule has 3 rings (SSSR count). The van der Waals surface area contributed by atoms with Crippen molar-refractivity contribution in [3.8, 4) is 0 Å². The molecule has 23 heavy (non-hydrogen) atoms. The summed E-state index contributed by atoms with van der Waals surface area (Å²) in [6.45, 7) is 4.34. The van der Waals surface area contributed by atoms with Crippen molar-refractivity contribution in [2.45, 2.75) is 20.3 Å². The van der Waals surface area contributed by atoms with Gasteiger partial charge in [0.25, 0.3) is 5.91 Å². The topological polar surface area (TPSA) is 77.8 Å². The zero-order valence-electron chi connectivity index (χ0n) is 13.1. The molecule has 0 aliphatic heterocycles. The van der Waals surface area contributed by atoms with Crippen LogP contribution in [0.25, 0.3) is 11.0 Å². The third-order valence-electron chi connectivity index (χ3n) is 3.63. The lowest BCUT2D eigenvalue weighted by molar-refractivity contribution is 0.102. The number of aromatic nitrogens is 2. The number of carbonyl (C=O) groups excluding carboxylic acids is 1. The van der Waals surface area contributed by atoms with Gasteiger partial charge in [0.2, 0.25) is 0 Å². The van der Waals surface area contributed by atoms with Crippen molar-refractivity contribution >= 4 is 22.6 Å². The minimum Gasteiger partial charge on any atom is -0.322 e. The zero-order chi connectivity index (χ0) is 16.4. The van der Waals surface area contributed by atoms with Crippen LogP contribution in [0.4, 0.5) is 5.69 Å². The number of fused-ring (bicyclic) bond motifs is 1. The summed E-state index contributed by atoms with van der Waals surface area (Å²) < 4.78 is 0. The Hall–Kier alpha value is -2.82. The average molecular weight is 309 g/mol. The number of hydrogen-bond donors (Lipinski definition) is 3. The smallest absolute Gasteiger partial charge is 0.322 e. The molecule has 0 aliphatic carbocycles. The number of H-pyrrole nitrogens is 2. The van der Waals surface area contributed by atoms with Crippen LogP contribution in [0, 0.1) is 5.92 Å². The van der Waals surface area contributed by atoms with Crippen molar-refractivity contribution in [2.75, 3.05) is 5.32 Å². The number of carbonyl (C=O) groups is 1. The van der Waals surface area contributed by atoms with E-state index in [4.69, 9.17) is 0 Å². The molecule has 5 heteroatoms. The first-order valence-corrected chi connectivity index (χ1v) is 7.63.